The van der Waals surface area contributed by atoms with Crippen LogP contribution in [0.1, 0.15) is 33.6 Å². The summed E-state index contributed by atoms with van der Waals surface area (Å²) in [4.78, 5) is 16.9. The van der Waals surface area contributed by atoms with Crippen LogP contribution in [0.15, 0.2) is 0 Å². The van der Waals surface area contributed by atoms with Gasteiger partial charge in [-0.05, 0) is 25.7 Å². The first-order valence-corrected chi connectivity index (χ1v) is 8.96. The topological polar surface area (TPSA) is 69.8 Å². The fourth-order valence-corrected chi connectivity index (χ4v) is 4.90. The minimum atomic E-state index is -0.801. The second-order valence-electron chi connectivity index (χ2n) is 6.76. The number of thioether (sulfide) groups is 1. The van der Waals surface area contributed by atoms with Gasteiger partial charge < -0.3 is 15.7 Å². The van der Waals surface area contributed by atoms with Crippen LogP contribution in [0, 0.1) is 5.92 Å². The molecule has 2 saturated heterocycles. The number of aliphatic hydroxyl groups is 1. The molecule has 0 aliphatic carbocycles. The number of hydrogen-bond acceptors (Lipinski definition) is 5. The van der Waals surface area contributed by atoms with Crippen LogP contribution in [-0.4, -0.2) is 69.8 Å². The third-order valence-electron chi connectivity index (χ3n) is 4.44. The van der Waals surface area contributed by atoms with Gasteiger partial charge in [-0.3, -0.25) is 9.69 Å². The molecular formula is C15H29N3O2S. The van der Waals surface area contributed by atoms with Crippen molar-refractivity contribution in [3.05, 3.63) is 0 Å². The molecule has 0 aromatic carbocycles. The van der Waals surface area contributed by atoms with Crippen LogP contribution < -0.4 is 5.73 Å². The van der Waals surface area contributed by atoms with E-state index in [0.29, 0.717) is 5.92 Å². The van der Waals surface area contributed by atoms with E-state index in [-0.39, 0.29) is 10.8 Å². The Balaban J connectivity index is 2.07. The molecule has 2 rings (SSSR count). The van der Waals surface area contributed by atoms with Crippen molar-refractivity contribution >= 4 is 17.7 Å². The first kappa shape index (κ1) is 17.1. The van der Waals surface area contributed by atoms with Gasteiger partial charge in [0.25, 0.3) is 0 Å². The van der Waals surface area contributed by atoms with Crippen molar-refractivity contribution in [1.29, 1.82) is 0 Å². The highest BCUT2D eigenvalue weighted by molar-refractivity contribution is 8.00. The number of nitrogens with zero attached hydrogens (tertiary/aromatic N) is 2. The molecule has 0 aromatic rings. The van der Waals surface area contributed by atoms with E-state index >= 15 is 0 Å². The number of aliphatic hydroxyl groups excluding tert-OH is 1. The van der Waals surface area contributed by atoms with Crippen LogP contribution in [0.25, 0.3) is 0 Å². The summed E-state index contributed by atoms with van der Waals surface area (Å²) in [5.74, 6) is 1.66. The Hall–Kier alpha value is -0.300. The Bertz CT molecular complexity index is 378. The predicted molar refractivity (Wildman–Crippen MR) is 87.1 cm³/mol. The van der Waals surface area contributed by atoms with E-state index in [4.69, 9.17) is 5.73 Å². The molecule has 0 bridgehead atoms. The summed E-state index contributed by atoms with van der Waals surface area (Å²) in [5, 5.41) is 9.56. The molecule has 0 saturated carbocycles. The lowest BCUT2D eigenvalue weighted by molar-refractivity contribution is -0.137. The summed E-state index contributed by atoms with van der Waals surface area (Å²) >= 11 is 1.99. The van der Waals surface area contributed by atoms with E-state index in [2.05, 4.69) is 18.7 Å². The number of piperidine rings is 1. The summed E-state index contributed by atoms with van der Waals surface area (Å²) in [7, 11) is 0. The Labute approximate surface area is 132 Å². The van der Waals surface area contributed by atoms with Gasteiger partial charge in [0, 0.05) is 31.9 Å². The average molecular weight is 315 g/mol. The molecule has 0 aromatic heterocycles. The molecule has 2 aliphatic rings. The van der Waals surface area contributed by atoms with Gasteiger partial charge >= 0.3 is 0 Å². The first-order chi connectivity index (χ1) is 9.85. The Morgan fingerprint density at radius 1 is 1.38 bits per heavy atom. The van der Waals surface area contributed by atoms with Crippen LogP contribution in [0.3, 0.4) is 0 Å². The van der Waals surface area contributed by atoms with Crippen LogP contribution >= 0.6 is 11.8 Å². The fraction of sp³-hybridized carbons (Fsp3) is 0.933. The molecule has 1 amide bonds. The number of carbonyl (C=O) groups excluding carboxylic acids is 1. The number of carbonyl (C=O) groups is 1. The maximum absolute atomic E-state index is 12.4. The van der Waals surface area contributed by atoms with Crippen molar-refractivity contribution in [2.45, 2.75) is 50.6 Å². The summed E-state index contributed by atoms with van der Waals surface area (Å²) in [6.45, 7) is 9.75. The van der Waals surface area contributed by atoms with E-state index in [1.54, 1.807) is 6.92 Å². The largest absolute Gasteiger partial charge is 0.391 e. The van der Waals surface area contributed by atoms with E-state index in [0.717, 1.165) is 44.8 Å². The summed E-state index contributed by atoms with van der Waals surface area (Å²) < 4.78 is 0. The SMILES string of the molecule is CC(C)CN1CCSC12CCCN(C(=O)C(N)C(C)O)C2. The molecule has 3 N–H and O–H groups in total. The van der Waals surface area contributed by atoms with Gasteiger partial charge in [0.1, 0.15) is 6.04 Å². The molecule has 0 radical (unpaired) electrons. The minimum Gasteiger partial charge on any atom is -0.391 e. The second kappa shape index (κ2) is 6.86. The van der Waals surface area contributed by atoms with Gasteiger partial charge in [-0.25, -0.2) is 0 Å². The zero-order valence-electron chi connectivity index (χ0n) is 13.4. The van der Waals surface area contributed by atoms with Crippen molar-refractivity contribution in [1.82, 2.24) is 9.80 Å². The van der Waals surface area contributed by atoms with Crippen LogP contribution in [0.4, 0.5) is 0 Å². The fourth-order valence-electron chi connectivity index (χ4n) is 3.32. The van der Waals surface area contributed by atoms with Gasteiger partial charge in [0.2, 0.25) is 5.91 Å². The van der Waals surface area contributed by atoms with Crippen molar-refractivity contribution in [2.24, 2.45) is 11.7 Å². The molecule has 122 valence electrons. The Kier molecular flexibility index (Phi) is 5.57. The van der Waals surface area contributed by atoms with Gasteiger partial charge in [-0.2, -0.15) is 0 Å². The monoisotopic (exact) mass is 315 g/mol. The lowest BCUT2D eigenvalue weighted by Gasteiger charge is -2.46. The molecule has 3 unspecified atom stereocenters. The van der Waals surface area contributed by atoms with Crippen LogP contribution in [0.2, 0.25) is 0 Å². The predicted octanol–water partition coefficient (Wildman–Crippen LogP) is 0.718. The first-order valence-electron chi connectivity index (χ1n) is 7.97. The molecule has 2 heterocycles. The third-order valence-corrected chi connectivity index (χ3v) is 5.96. The smallest absolute Gasteiger partial charge is 0.242 e. The summed E-state index contributed by atoms with van der Waals surface area (Å²) in [5.41, 5.74) is 5.83. The maximum Gasteiger partial charge on any atom is 0.242 e. The van der Waals surface area contributed by atoms with Crippen molar-refractivity contribution in [3.8, 4) is 0 Å². The summed E-state index contributed by atoms with van der Waals surface area (Å²) in [6, 6.07) is -0.801. The molecule has 1 spiro atoms. The van der Waals surface area contributed by atoms with Crippen LogP contribution in [0.5, 0.6) is 0 Å². The van der Waals surface area contributed by atoms with E-state index in [9.17, 15) is 9.90 Å². The number of nitrogens with two attached hydrogens (primary N) is 1. The maximum atomic E-state index is 12.4. The van der Waals surface area contributed by atoms with Crippen molar-refractivity contribution in [2.75, 3.05) is 31.9 Å². The van der Waals surface area contributed by atoms with Crippen molar-refractivity contribution < 1.29 is 9.90 Å². The minimum absolute atomic E-state index is 0.0661. The highest BCUT2D eigenvalue weighted by Crippen LogP contribution is 2.42. The second-order valence-corrected chi connectivity index (χ2v) is 8.22. The van der Waals surface area contributed by atoms with Crippen LogP contribution in [-0.2, 0) is 4.79 Å². The van der Waals surface area contributed by atoms with Crippen molar-refractivity contribution in [3.63, 3.8) is 0 Å². The Morgan fingerprint density at radius 2 is 2.10 bits per heavy atom. The number of rotatable bonds is 4. The summed E-state index contributed by atoms with van der Waals surface area (Å²) in [6.07, 6.45) is 1.36. The standard InChI is InChI=1S/C15H29N3O2S/c1-11(2)9-18-7-8-21-15(18)5-4-6-17(10-15)14(20)13(16)12(3)19/h11-13,19H,4-10,16H2,1-3H3. The highest BCUT2D eigenvalue weighted by atomic mass is 32.2. The number of hydrogen-bond donors (Lipinski definition) is 2. The third kappa shape index (κ3) is 3.73. The molecule has 3 atom stereocenters. The molecular weight excluding hydrogens is 286 g/mol. The molecule has 2 fully saturated rings. The normalized spacial score (nSPS) is 30.1. The number of amides is 1. The molecule has 6 heteroatoms. The number of likely N-dealkylation sites (tertiary alicyclic amines) is 1. The molecule has 2 aliphatic heterocycles. The lowest BCUT2D eigenvalue weighted by atomic mass is 10.0. The van der Waals surface area contributed by atoms with Gasteiger partial charge in [0.05, 0.1) is 11.0 Å². The Morgan fingerprint density at radius 3 is 2.71 bits per heavy atom. The lowest BCUT2D eigenvalue weighted by Crippen LogP contribution is -2.59. The van der Waals surface area contributed by atoms with E-state index in [1.165, 1.54) is 0 Å². The van der Waals surface area contributed by atoms with E-state index in [1.807, 2.05) is 16.7 Å². The van der Waals surface area contributed by atoms with Gasteiger partial charge in [-0.1, -0.05) is 13.8 Å². The zero-order chi connectivity index (χ0) is 15.6. The van der Waals surface area contributed by atoms with Gasteiger partial charge in [0.15, 0.2) is 0 Å². The molecule has 5 nitrogen and oxygen atoms in total. The molecule has 21 heavy (non-hydrogen) atoms. The average Bonchev–Trinajstić information content (AvgIpc) is 2.78. The quantitative estimate of drug-likeness (QED) is 0.800. The highest BCUT2D eigenvalue weighted by Gasteiger charge is 2.46. The van der Waals surface area contributed by atoms with Gasteiger partial charge in [-0.15, -0.1) is 11.8 Å². The van der Waals surface area contributed by atoms with E-state index < -0.39 is 12.1 Å². The zero-order valence-corrected chi connectivity index (χ0v) is 14.2.